The first-order valence-corrected chi connectivity index (χ1v) is 8.58. The van der Waals surface area contributed by atoms with Crippen molar-refractivity contribution in [2.24, 2.45) is 0 Å². The summed E-state index contributed by atoms with van der Waals surface area (Å²) in [5.41, 5.74) is 0.596. The van der Waals surface area contributed by atoms with E-state index in [1.807, 2.05) is 15.9 Å². The first-order chi connectivity index (χ1) is 13.1. The highest BCUT2D eigenvalue weighted by atomic mass is 19.1. The van der Waals surface area contributed by atoms with Gasteiger partial charge in [-0.15, -0.1) is 0 Å². The van der Waals surface area contributed by atoms with E-state index in [9.17, 15) is 9.18 Å². The lowest BCUT2D eigenvalue weighted by atomic mass is 10.2. The highest BCUT2D eigenvalue weighted by Crippen LogP contribution is 2.20. The number of ether oxygens (including phenoxy) is 2. The molecule has 0 atom stereocenters. The summed E-state index contributed by atoms with van der Waals surface area (Å²) in [6.07, 6.45) is 0. The van der Waals surface area contributed by atoms with E-state index in [1.54, 1.807) is 12.1 Å². The molecule has 0 radical (unpaired) electrons. The van der Waals surface area contributed by atoms with Crippen molar-refractivity contribution in [3.05, 3.63) is 36.1 Å². The molecule has 1 amide bonds. The van der Waals surface area contributed by atoms with Crippen LogP contribution < -0.4 is 19.7 Å². The van der Waals surface area contributed by atoms with Crippen molar-refractivity contribution in [1.29, 1.82) is 0 Å². The molecule has 1 aliphatic heterocycles. The number of benzene rings is 1. The van der Waals surface area contributed by atoms with Gasteiger partial charge in [-0.25, -0.2) is 4.39 Å². The third-order valence-corrected chi connectivity index (χ3v) is 4.28. The van der Waals surface area contributed by atoms with Crippen LogP contribution in [0.25, 0.3) is 0 Å². The van der Waals surface area contributed by atoms with E-state index in [0.717, 1.165) is 0 Å². The number of carbonyl (C=O) groups excluding carboxylic acids is 1. The Hall–Kier alpha value is -2.94. The first kappa shape index (κ1) is 18.8. The molecule has 0 aliphatic carbocycles. The smallest absolute Gasteiger partial charge is 0.240 e. The molecule has 8 nitrogen and oxygen atoms in total. The SMILES string of the molecule is COc1cc(OC)nc(NC(=O)CN2CCN(c3ccccc3F)CC2)n1. The number of piperazine rings is 1. The number of nitrogens with zero attached hydrogens (tertiary/aromatic N) is 4. The lowest BCUT2D eigenvalue weighted by molar-refractivity contribution is -0.117. The van der Waals surface area contributed by atoms with Crippen molar-refractivity contribution in [1.82, 2.24) is 14.9 Å². The number of rotatable bonds is 6. The van der Waals surface area contributed by atoms with Gasteiger partial charge in [-0.3, -0.25) is 15.0 Å². The number of methoxy groups -OCH3 is 2. The number of para-hydroxylation sites is 1. The molecule has 0 saturated carbocycles. The van der Waals surface area contributed by atoms with Crippen molar-refractivity contribution >= 4 is 17.5 Å². The summed E-state index contributed by atoms with van der Waals surface area (Å²) in [4.78, 5) is 24.4. The monoisotopic (exact) mass is 375 g/mol. The Kier molecular flexibility index (Phi) is 6.02. The Balaban J connectivity index is 1.53. The lowest BCUT2D eigenvalue weighted by Crippen LogP contribution is -2.49. The Morgan fingerprint density at radius 2 is 1.74 bits per heavy atom. The fourth-order valence-corrected chi connectivity index (χ4v) is 2.89. The Morgan fingerprint density at radius 3 is 2.33 bits per heavy atom. The van der Waals surface area contributed by atoms with E-state index in [4.69, 9.17) is 9.47 Å². The van der Waals surface area contributed by atoms with Crippen molar-refractivity contribution < 1.29 is 18.7 Å². The lowest BCUT2D eigenvalue weighted by Gasteiger charge is -2.35. The predicted octanol–water partition coefficient (Wildman–Crippen LogP) is 1.39. The maximum absolute atomic E-state index is 13.9. The molecule has 3 rings (SSSR count). The van der Waals surface area contributed by atoms with Crippen LogP contribution in [0.1, 0.15) is 0 Å². The van der Waals surface area contributed by atoms with Crippen molar-refractivity contribution in [3.8, 4) is 11.8 Å². The number of anilines is 2. The van der Waals surface area contributed by atoms with Gasteiger partial charge in [0.2, 0.25) is 23.6 Å². The molecule has 1 aromatic heterocycles. The van der Waals surface area contributed by atoms with Crippen molar-refractivity contribution in [3.63, 3.8) is 0 Å². The summed E-state index contributed by atoms with van der Waals surface area (Å²) in [6, 6.07) is 8.25. The van der Waals surface area contributed by atoms with Crippen LogP contribution in [0.2, 0.25) is 0 Å². The van der Waals surface area contributed by atoms with Gasteiger partial charge in [0.25, 0.3) is 0 Å². The van der Waals surface area contributed by atoms with Gasteiger partial charge in [0.05, 0.1) is 32.5 Å². The summed E-state index contributed by atoms with van der Waals surface area (Å²) in [6.45, 7) is 2.82. The zero-order valence-corrected chi connectivity index (χ0v) is 15.3. The van der Waals surface area contributed by atoms with Gasteiger partial charge in [0.15, 0.2) is 0 Å². The van der Waals surface area contributed by atoms with E-state index >= 15 is 0 Å². The van der Waals surface area contributed by atoms with Crippen LogP contribution in [-0.4, -0.2) is 67.7 Å². The molecule has 2 aromatic rings. The van der Waals surface area contributed by atoms with Crippen LogP contribution in [0.5, 0.6) is 11.8 Å². The second kappa shape index (κ2) is 8.63. The third-order valence-electron chi connectivity index (χ3n) is 4.28. The number of halogens is 1. The Labute approximate surface area is 156 Å². The molecule has 9 heteroatoms. The van der Waals surface area contributed by atoms with Crippen molar-refractivity contribution in [2.45, 2.75) is 0 Å². The van der Waals surface area contributed by atoms with E-state index < -0.39 is 0 Å². The maximum Gasteiger partial charge on any atom is 0.240 e. The minimum absolute atomic E-state index is 0.126. The predicted molar refractivity (Wildman–Crippen MR) is 98.8 cm³/mol. The summed E-state index contributed by atoms with van der Waals surface area (Å²) < 4.78 is 24.0. The molecular weight excluding hydrogens is 353 g/mol. The number of aromatic nitrogens is 2. The number of amides is 1. The molecule has 0 spiro atoms. The van der Waals surface area contributed by atoms with E-state index in [2.05, 4.69) is 15.3 Å². The summed E-state index contributed by atoms with van der Waals surface area (Å²) in [7, 11) is 2.95. The van der Waals surface area contributed by atoms with Crippen LogP contribution in [0.3, 0.4) is 0 Å². The molecule has 1 aliphatic rings. The molecule has 27 heavy (non-hydrogen) atoms. The largest absolute Gasteiger partial charge is 0.481 e. The number of carbonyl (C=O) groups is 1. The van der Waals surface area contributed by atoms with Gasteiger partial charge in [-0.2, -0.15) is 9.97 Å². The number of hydrogen-bond donors (Lipinski definition) is 1. The van der Waals surface area contributed by atoms with Crippen LogP contribution in [0.15, 0.2) is 30.3 Å². The molecule has 0 bridgehead atoms. The molecule has 144 valence electrons. The molecule has 1 fully saturated rings. The highest BCUT2D eigenvalue weighted by Gasteiger charge is 2.21. The molecule has 1 saturated heterocycles. The molecule has 1 N–H and O–H groups in total. The quantitative estimate of drug-likeness (QED) is 0.817. The average Bonchev–Trinajstić information content (AvgIpc) is 2.68. The Bertz CT molecular complexity index is 774. The van der Waals surface area contributed by atoms with Gasteiger partial charge in [-0.05, 0) is 12.1 Å². The summed E-state index contributed by atoms with van der Waals surface area (Å²) >= 11 is 0. The topological polar surface area (TPSA) is 79.8 Å². The average molecular weight is 375 g/mol. The van der Waals surface area contributed by atoms with Crippen LogP contribution >= 0.6 is 0 Å². The fourth-order valence-electron chi connectivity index (χ4n) is 2.89. The van der Waals surface area contributed by atoms with Crippen molar-refractivity contribution in [2.75, 3.05) is 57.2 Å². The Morgan fingerprint density at radius 1 is 1.11 bits per heavy atom. The summed E-state index contributed by atoms with van der Waals surface area (Å²) in [5.74, 6) is 0.268. The van der Waals surface area contributed by atoms with Crippen LogP contribution in [0.4, 0.5) is 16.0 Å². The standard InChI is InChI=1S/C18H22FN5O3/c1-26-16-11-17(27-2)22-18(21-16)20-15(25)12-23-7-9-24(10-8-23)14-6-4-3-5-13(14)19/h3-6,11H,7-10,12H2,1-2H3,(H,20,21,22,25). The highest BCUT2D eigenvalue weighted by molar-refractivity contribution is 5.90. The van der Waals surface area contributed by atoms with Gasteiger partial charge >= 0.3 is 0 Å². The zero-order valence-electron chi connectivity index (χ0n) is 15.3. The normalized spacial score (nSPS) is 14.7. The van der Waals surface area contributed by atoms with E-state index in [-0.39, 0.29) is 24.2 Å². The van der Waals surface area contributed by atoms with Crippen LogP contribution in [0, 0.1) is 5.82 Å². The van der Waals surface area contributed by atoms with Gasteiger partial charge in [-0.1, -0.05) is 12.1 Å². The third kappa shape index (κ3) is 4.82. The molecule has 0 unspecified atom stereocenters. The minimum atomic E-state index is -0.232. The van der Waals surface area contributed by atoms with Crippen LogP contribution in [-0.2, 0) is 4.79 Å². The molecule has 2 heterocycles. The maximum atomic E-state index is 13.9. The second-order valence-corrected chi connectivity index (χ2v) is 6.04. The fraction of sp³-hybridized carbons (Fsp3) is 0.389. The van der Waals surface area contributed by atoms with Gasteiger partial charge in [0.1, 0.15) is 5.82 Å². The van der Waals surface area contributed by atoms with Gasteiger partial charge < -0.3 is 14.4 Å². The zero-order chi connectivity index (χ0) is 19.2. The van der Waals surface area contributed by atoms with E-state index in [0.29, 0.717) is 43.6 Å². The molecule has 1 aromatic carbocycles. The first-order valence-electron chi connectivity index (χ1n) is 8.58. The minimum Gasteiger partial charge on any atom is -0.481 e. The van der Waals surface area contributed by atoms with Gasteiger partial charge in [0, 0.05) is 26.2 Å². The second-order valence-electron chi connectivity index (χ2n) is 6.04. The molecular formula is C18H22FN5O3. The van der Waals surface area contributed by atoms with E-state index in [1.165, 1.54) is 26.4 Å². The number of nitrogens with one attached hydrogen (secondary N) is 1. The number of hydrogen-bond acceptors (Lipinski definition) is 7. The summed E-state index contributed by atoms with van der Waals surface area (Å²) in [5, 5.41) is 2.65.